The highest BCUT2D eigenvalue weighted by molar-refractivity contribution is 9.10. The van der Waals surface area contributed by atoms with Crippen LogP contribution in [0.5, 0.6) is 0 Å². The number of hydrogen-bond donors (Lipinski definition) is 0. The molecule has 2 aromatic rings. The topological polar surface area (TPSA) is 30.7 Å². The lowest BCUT2D eigenvalue weighted by molar-refractivity contribution is 0.606. The quantitative estimate of drug-likeness (QED) is 0.798. The maximum Gasteiger partial charge on any atom is 0.137 e. The predicted octanol–water partition coefficient (Wildman–Crippen LogP) is 3.12. The highest BCUT2D eigenvalue weighted by Crippen LogP contribution is 2.21. The summed E-state index contributed by atoms with van der Waals surface area (Å²) in [6.45, 7) is 0.498. The average molecular weight is 349 g/mol. The fourth-order valence-corrected chi connectivity index (χ4v) is 1.97. The number of alkyl halides is 1. The Hall–Kier alpha value is -0.750. The summed E-state index contributed by atoms with van der Waals surface area (Å²) in [4.78, 5) is 0. The number of benzene rings is 1. The average Bonchev–Trinajstić information content (AvgIpc) is 2.73. The molecular weight excluding hydrogens is 341 g/mol. The van der Waals surface area contributed by atoms with Crippen LogP contribution in [-0.2, 0) is 11.9 Å². The monoisotopic (exact) mass is 347 g/mol. The molecule has 0 bridgehead atoms. The molecule has 2 rings (SSSR count). The van der Waals surface area contributed by atoms with Crippen LogP contribution in [0.1, 0.15) is 11.3 Å². The first-order chi connectivity index (χ1) is 7.70. The molecular formula is C10H8Br2FN3. The van der Waals surface area contributed by atoms with E-state index in [-0.39, 0.29) is 5.82 Å². The molecule has 0 saturated heterocycles. The fourth-order valence-electron chi connectivity index (χ4n) is 1.32. The van der Waals surface area contributed by atoms with Crippen molar-refractivity contribution in [3.63, 3.8) is 0 Å². The van der Waals surface area contributed by atoms with Crippen LogP contribution in [-0.4, -0.2) is 15.0 Å². The van der Waals surface area contributed by atoms with Gasteiger partial charge in [0.15, 0.2) is 0 Å². The maximum atomic E-state index is 13.3. The first-order valence-corrected chi connectivity index (χ1v) is 6.50. The Morgan fingerprint density at radius 3 is 2.88 bits per heavy atom. The Balaban J connectivity index is 2.23. The molecule has 0 unspecified atom stereocenters. The van der Waals surface area contributed by atoms with Gasteiger partial charge in [-0.15, -0.1) is 5.10 Å². The Kier molecular flexibility index (Phi) is 3.70. The van der Waals surface area contributed by atoms with Gasteiger partial charge in [0.05, 0.1) is 16.7 Å². The van der Waals surface area contributed by atoms with E-state index < -0.39 is 0 Å². The molecule has 0 spiro atoms. The van der Waals surface area contributed by atoms with Gasteiger partial charge in [-0.3, -0.25) is 0 Å². The van der Waals surface area contributed by atoms with Gasteiger partial charge < -0.3 is 0 Å². The van der Waals surface area contributed by atoms with E-state index in [1.165, 1.54) is 6.07 Å². The second kappa shape index (κ2) is 5.05. The molecule has 84 valence electrons. The van der Waals surface area contributed by atoms with Crippen molar-refractivity contribution in [2.45, 2.75) is 11.9 Å². The third-order valence-corrected chi connectivity index (χ3v) is 3.55. The van der Waals surface area contributed by atoms with Crippen molar-refractivity contribution in [1.82, 2.24) is 15.0 Å². The summed E-state index contributed by atoms with van der Waals surface area (Å²) in [5.41, 5.74) is 1.69. The zero-order valence-corrected chi connectivity index (χ0v) is 11.4. The van der Waals surface area contributed by atoms with E-state index in [2.05, 4.69) is 42.2 Å². The van der Waals surface area contributed by atoms with E-state index >= 15 is 0 Å². The Morgan fingerprint density at radius 2 is 2.19 bits per heavy atom. The molecule has 1 heterocycles. The molecule has 0 aliphatic heterocycles. The molecule has 0 atom stereocenters. The Labute approximate surface area is 109 Å². The van der Waals surface area contributed by atoms with Gasteiger partial charge in [-0.1, -0.05) is 33.3 Å². The molecule has 3 nitrogen and oxygen atoms in total. The normalized spacial score (nSPS) is 10.7. The van der Waals surface area contributed by atoms with Gasteiger partial charge in [0.25, 0.3) is 0 Å². The van der Waals surface area contributed by atoms with Crippen molar-refractivity contribution in [1.29, 1.82) is 0 Å². The molecule has 0 N–H and O–H groups in total. The lowest BCUT2D eigenvalue weighted by atomic mass is 10.2. The smallest absolute Gasteiger partial charge is 0.137 e. The molecule has 0 aliphatic rings. The van der Waals surface area contributed by atoms with Gasteiger partial charge in [0.2, 0.25) is 0 Å². The molecule has 0 amide bonds. The summed E-state index contributed by atoms with van der Waals surface area (Å²) in [6, 6.07) is 4.94. The van der Waals surface area contributed by atoms with Gasteiger partial charge in [0, 0.05) is 11.5 Å². The number of hydrogen-bond acceptors (Lipinski definition) is 2. The zero-order chi connectivity index (χ0) is 11.5. The number of aromatic nitrogens is 3. The van der Waals surface area contributed by atoms with Crippen molar-refractivity contribution in [2.24, 2.45) is 0 Å². The van der Waals surface area contributed by atoms with Gasteiger partial charge in [0.1, 0.15) is 5.82 Å². The third kappa shape index (κ3) is 2.49. The van der Waals surface area contributed by atoms with Crippen LogP contribution in [0.4, 0.5) is 4.39 Å². The molecule has 0 radical (unpaired) electrons. The molecule has 1 aromatic carbocycles. The standard InChI is InChI=1S/C10H8Br2FN3/c11-4-8-6-16(15-14-8)5-7-2-1-3-9(13)10(7)12/h1-3,6H,4-5H2. The molecule has 16 heavy (non-hydrogen) atoms. The lowest BCUT2D eigenvalue weighted by Gasteiger charge is -2.04. The van der Waals surface area contributed by atoms with Gasteiger partial charge in [-0.05, 0) is 27.6 Å². The minimum absolute atomic E-state index is 0.265. The van der Waals surface area contributed by atoms with Crippen LogP contribution >= 0.6 is 31.9 Å². The first kappa shape index (κ1) is 11.7. The molecule has 1 aromatic heterocycles. The molecule has 6 heteroatoms. The van der Waals surface area contributed by atoms with Crippen molar-refractivity contribution in [3.05, 3.63) is 45.9 Å². The van der Waals surface area contributed by atoms with E-state index in [9.17, 15) is 4.39 Å². The lowest BCUT2D eigenvalue weighted by Crippen LogP contribution is -2.02. The van der Waals surface area contributed by atoms with E-state index in [4.69, 9.17) is 0 Å². The molecule has 0 saturated carbocycles. The summed E-state index contributed by atoms with van der Waals surface area (Å²) in [7, 11) is 0. The van der Waals surface area contributed by atoms with Crippen LogP contribution in [0.25, 0.3) is 0 Å². The summed E-state index contributed by atoms with van der Waals surface area (Å²) in [5.74, 6) is -0.265. The number of rotatable bonds is 3. The molecule has 0 aliphatic carbocycles. The SMILES string of the molecule is Fc1cccc(Cn2cc(CBr)nn2)c1Br. The first-order valence-electron chi connectivity index (χ1n) is 4.58. The maximum absolute atomic E-state index is 13.3. The van der Waals surface area contributed by atoms with Crippen molar-refractivity contribution in [2.75, 3.05) is 0 Å². The van der Waals surface area contributed by atoms with E-state index in [0.717, 1.165) is 11.3 Å². The van der Waals surface area contributed by atoms with Crippen molar-refractivity contribution in [3.8, 4) is 0 Å². The minimum Gasteiger partial charge on any atom is -0.248 e. The van der Waals surface area contributed by atoms with Crippen molar-refractivity contribution >= 4 is 31.9 Å². The van der Waals surface area contributed by atoms with Crippen molar-refractivity contribution < 1.29 is 4.39 Å². The highest BCUT2D eigenvalue weighted by Gasteiger charge is 2.06. The zero-order valence-electron chi connectivity index (χ0n) is 8.20. The minimum atomic E-state index is -0.265. The largest absolute Gasteiger partial charge is 0.248 e. The highest BCUT2D eigenvalue weighted by atomic mass is 79.9. The molecule has 0 fully saturated rings. The van der Waals surface area contributed by atoms with E-state index in [1.807, 2.05) is 12.3 Å². The second-order valence-electron chi connectivity index (χ2n) is 3.25. The van der Waals surface area contributed by atoms with Crippen LogP contribution in [0, 0.1) is 5.82 Å². The summed E-state index contributed by atoms with van der Waals surface area (Å²) in [5, 5.41) is 8.55. The summed E-state index contributed by atoms with van der Waals surface area (Å²) in [6.07, 6.45) is 1.83. The van der Waals surface area contributed by atoms with Gasteiger partial charge in [-0.25, -0.2) is 9.07 Å². The predicted molar refractivity (Wildman–Crippen MR) is 65.9 cm³/mol. The summed E-state index contributed by atoms with van der Waals surface area (Å²) < 4.78 is 15.4. The van der Waals surface area contributed by atoms with Crippen LogP contribution in [0.15, 0.2) is 28.9 Å². The second-order valence-corrected chi connectivity index (χ2v) is 4.61. The summed E-state index contributed by atoms with van der Waals surface area (Å²) >= 11 is 6.51. The number of halogens is 3. The van der Waals surface area contributed by atoms with Gasteiger partial charge >= 0.3 is 0 Å². The third-order valence-electron chi connectivity index (χ3n) is 2.09. The Morgan fingerprint density at radius 1 is 1.38 bits per heavy atom. The fraction of sp³-hybridized carbons (Fsp3) is 0.200. The van der Waals surface area contributed by atoms with E-state index in [1.54, 1.807) is 10.7 Å². The van der Waals surface area contributed by atoms with Gasteiger partial charge in [-0.2, -0.15) is 0 Å². The number of nitrogens with zero attached hydrogens (tertiary/aromatic N) is 3. The van der Waals surface area contributed by atoms with Crippen LogP contribution in [0.2, 0.25) is 0 Å². The van der Waals surface area contributed by atoms with Crippen LogP contribution in [0.3, 0.4) is 0 Å². The Bertz CT molecular complexity index is 499. The van der Waals surface area contributed by atoms with Crippen LogP contribution < -0.4 is 0 Å². The van der Waals surface area contributed by atoms with E-state index in [0.29, 0.717) is 16.3 Å².